The number of nitrogens with two attached hydrogens (primary N) is 1. The highest BCUT2D eigenvalue weighted by Gasteiger charge is 2.36. The summed E-state index contributed by atoms with van der Waals surface area (Å²) in [5, 5.41) is -0.721. The number of alkyl halides is 3. The maximum Gasteiger partial charge on any atom is 0.485 e. The summed E-state index contributed by atoms with van der Waals surface area (Å²) in [6, 6.07) is 18.3. The van der Waals surface area contributed by atoms with Crippen molar-refractivity contribution in [2.24, 2.45) is 0 Å². The zero-order valence-electron chi connectivity index (χ0n) is 12.5. The Kier molecular flexibility index (Phi) is 4.82. The molecule has 0 aliphatic rings. The van der Waals surface area contributed by atoms with Crippen LogP contribution in [0.2, 0.25) is 2.82 Å². The van der Waals surface area contributed by atoms with E-state index in [0.717, 1.165) is 0 Å². The molecule has 8 heteroatoms. The lowest BCUT2D eigenvalue weighted by molar-refractivity contribution is -0.478. The summed E-state index contributed by atoms with van der Waals surface area (Å²) in [6.07, 6.45) is 0. The van der Waals surface area contributed by atoms with Crippen molar-refractivity contribution >= 4 is 21.5 Å². The van der Waals surface area contributed by atoms with Gasteiger partial charge in [-0.05, 0) is 24.3 Å². The van der Waals surface area contributed by atoms with E-state index < -0.39 is 20.9 Å². The van der Waals surface area contributed by atoms with Crippen molar-refractivity contribution in [2.75, 3.05) is 0 Å². The summed E-state index contributed by atoms with van der Waals surface area (Å²) in [5.41, 5.74) is -4.39. The summed E-state index contributed by atoms with van der Waals surface area (Å²) in [5.74, 6) is 0. The minimum Gasteiger partial charge on any atom is -0.741 e. The van der Waals surface area contributed by atoms with E-state index in [1.54, 1.807) is 24.3 Å². The molecule has 0 spiro atoms. The zero-order valence-corrected chi connectivity index (χ0v) is 11.3. The summed E-state index contributed by atoms with van der Waals surface area (Å²) in [7, 11) is -6.09. The predicted octanol–water partition coefficient (Wildman–Crippen LogP) is 2.26. The molecular formula is C13H12F3NO3S. The number of para-hydroxylation sites is 2. The van der Waals surface area contributed by atoms with Crippen LogP contribution < -0.4 is 5.30 Å². The lowest BCUT2D eigenvalue weighted by Gasteiger charge is -2.08. The monoisotopic (exact) mass is 321 g/mol. The van der Waals surface area contributed by atoms with Crippen LogP contribution in [-0.2, 0) is 10.1 Å². The van der Waals surface area contributed by atoms with Crippen molar-refractivity contribution in [3.63, 3.8) is 0 Å². The van der Waals surface area contributed by atoms with E-state index in [0.29, 0.717) is 11.4 Å². The van der Waals surface area contributed by atoms with Gasteiger partial charge >= 0.3 is 8.33 Å². The Morgan fingerprint density at radius 1 is 0.905 bits per heavy atom. The molecule has 0 fully saturated rings. The maximum atomic E-state index is 10.7. The fraction of sp³-hybridized carbons (Fsp3) is 0.0769. The number of benzene rings is 2. The van der Waals surface area contributed by atoms with Gasteiger partial charge in [0.15, 0.2) is 10.1 Å². The van der Waals surface area contributed by atoms with Gasteiger partial charge in [0.1, 0.15) is 11.4 Å². The van der Waals surface area contributed by atoms with Gasteiger partial charge in [-0.1, -0.05) is 36.4 Å². The molecule has 114 valence electrons. The molecule has 0 heterocycles. The van der Waals surface area contributed by atoms with Gasteiger partial charge in [0.05, 0.1) is 0 Å². The van der Waals surface area contributed by atoms with Crippen molar-refractivity contribution < 1.29 is 34.3 Å². The van der Waals surface area contributed by atoms with Crippen molar-refractivity contribution in [2.45, 2.75) is 5.51 Å². The van der Waals surface area contributed by atoms with E-state index >= 15 is 0 Å². The van der Waals surface area contributed by atoms with Gasteiger partial charge in [0.25, 0.3) is 0 Å². The Hall–Kier alpha value is -1.90. The zero-order chi connectivity index (χ0) is 17.7. The summed E-state index contributed by atoms with van der Waals surface area (Å²) >= 11 is 0. The Bertz CT molecular complexity index is 682. The lowest BCUT2D eigenvalue weighted by Crippen LogP contribution is -2.70. The van der Waals surface area contributed by atoms with Crippen molar-refractivity contribution in [3.05, 3.63) is 60.7 Å². The van der Waals surface area contributed by atoms with Gasteiger partial charge in [-0.2, -0.15) is 13.2 Å². The molecule has 0 aromatic heterocycles. The molecule has 2 aromatic rings. The van der Waals surface area contributed by atoms with Gasteiger partial charge in [-0.15, -0.1) is 0 Å². The third-order valence-corrected chi connectivity index (χ3v) is 2.62. The van der Waals surface area contributed by atoms with Crippen molar-refractivity contribution in [1.29, 1.82) is 0 Å². The predicted molar refractivity (Wildman–Crippen MR) is 69.9 cm³/mol. The Balaban J connectivity index is 0.000000284. The molecule has 2 rings (SSSR count). The second kappa shape index (κ2) is 7.21. The van der Waals surface area contributed by atoms with Crippen LogP contribution in [0.4, 0.5) is 24.5 Å². The smallest absolute Gasteiger partial charge is 0.485 e. The summed E-state index contributed by atoms with van der Waals surface area (Å²) in [4.78, 5) is 0. The first kappa shape index (κ1) is 14.1. The summed E-state index contributed by atoms with van der Waals surface area (Å²) in [6.45, 7) is 0. The number of hydrogen-bond acceptors (Lipinski definition) is 3. The van der Waals surface area contributed by atoms with Crippen LogP contribution in [0.3, 0.4) is 0 Å². The molecule has 0 atom stereocenters. The minimum atomic E-state index is -6.09. The topological polar surface area (TPSA) is 73.8 Å². The fourth-order valence-corrected chi connectivity index (χ4v) is 1.15. The molecule has 0 amide bonds. The normalized spacial score (nSPS) is 13.5. The van der Waals surface area contributed by atoms with Crippen molar-refractivity contribution in [1.82, 2.24) is 0 Å². The second-order valence-corrected chi connectivity index (χ2v) is 5.05. The van der Waals surface area contributed by atoms with E-state index in [2.05, 4.69) is 0 Å². The third-order valence-electron chi connectivity index (χ3n) is 2.05. The van der Waals surface area contributed by atoms with E-state index in [1.807, 2.05) is 36.4 Å². The van der Waals surface area contributed by atoms with E-state index in [1.165, 1.54) is 0 Å². The molecule has 2 N–H and O–H groups in total. The first-order valence-corrected chi connectivity index (χ1v) is 6.95. The van der Waals surface area contributed by atoms with Crippen LogP contribution >= 0.6 is 0 Å². The highest BCUT2D eigenvalue weighted by molar-refractivity contribution is 7.86. The fourth-order valence-electron chi connectivity index (χ4n) is 1.15. The van der Waals surface area contributed by atoms with Crippen LogP contribution in [-0.4, -0.2) is 18.5 Å². The average Bonchev–Trinajstić information content (AvgIpc) is 2.48. The average molecular weight is 321 g/mol. The first-order valence-electron chi connectivity index (χ1n) is 6.43. The highest BCUT2D eigenvalue weighted by atomic mass is 32.2. The van der Waals surface area contributed by atoms with Gasteiger partial charge in [-0.3, -0.25) is 5.30 Å². The van der Waals surface area contributed by atoms with E-state index in [4.69, 9.17) is 15.8 Å². The molecule has 0 aliphatic heterocycles. The Morgan fingerprint density at radius 3 is 1.43 bits per heavy atom. The molecule has 21 heavy (non-hydrogen) atoms. The van der Waals surface area contributed by atoms with E-state index in [9.17, 15) is 13.2 Å². The Morgan fingerprint density at radius 2 is 1.19 bits per heavy atom. The van der Waals surface area contributed by atoms with Gasteiger partial charge in [0.2, 0.25) is 0 Å². The molecule has 4 nitrogen and oxygen atoms in total. The number of hydrogen-bond donors (Lipinski definition) is 1. The van der Waals surface area contributed by atoms with Gasteiger partial charge in [0, 0.05) is 0 Å². The largest absolute Gasteiger partial charge is 0.741 e. The highest BCUT2D eigenvalue weighted by Crippen LogP contribution is 2.20. The molecule has 0 aliphatic carbocycles. The maximum absolute atomic E-state index is 10.7. The molecule has 0 bridgehead atoms. The summed E-state index contributed by atoms with van der Waals surface area (Å²) < 4.78 is 74.9. The molecule has 0 unspecified atom stereocenters. The molecule has 0 radical (unpaired) electrons. The van der Waals surface area contributed by atoms with Crippen LogP contribution in [0.1, 0.15) is 0 Å². The van der Waals surface area contributed by atoms with Crippen LogP contribution in [0.25, 0.3) is 0 Å². The third kappa shape index (κ3) is 6.39. The molecule has 2 aromatic carbocycles. The van der Waals surface area contributed by atoms with Gasteiger partial charge < -0.3 is 4.55 Å². The van der Waals surface area contributed by atoms with Crippen LogP contribution in [0, 0.1) is 0 Å². The number of halogens is 3. The quantitative estimate of drug-likeness (QED) is 0.524. The molecular weight excluding hydrogens is 307 g/mol. The van der Waals surface area contributed by atoms with E-state index in [-0.39, 0.29) is 0 Å². The Labute approximate surface area is 122 Å². The standard InChI is InChI=1S/C12H11N.CHF3O3S/c1-3-7-11(8-4-1)13-12-9-5-2-6-10-12;2-1(3,4)8(5,6)7/h1-10,13H;(H,5,6,7)/i/hD2. The van der Waals surface area contributed by atoms with Crippen LogP contribution in [0.5, 0.6) is 0 Å². The van der Waals surface area contributed by atoms with Crippen molar-refractivity contribution in [3.8, 4) is 0 Å². The minimum absolute atomic E-state index is 0.628. The number of rotatable bonds is 2. The van der Waals surface area contributed by atoms with Gasteiger partial charge in [-0.25, -0.2) is 8.42 Å². The second-order valence-electron chi connectivity index (χ2n) is 3.68. The lowest BCUT2D eigenvalue weighted by atomic mass is 10.3. The molecule has 0 saturated carbocycles. The van der Waals surface area contributed by atoms with Crippen LogP contribution in [0.15, 0.2) is 60.7 Å². The SMILES string of the molecule is O=S(=O)([O-])C(F)(F)F.[2H][N+]([2H])(c1ccccc1)c1ccccc1. The number of quaternary nitrogens is 1. The molecule has 0 saturated heterocycles. The first-order chi connectivity index (χ1) is 10.5.